The number of anilines is 4. The average Bonchev–Trinajstić information content (AvgIpc) is 2.62. The van der Waals surface area contributed by atoms with Crippen molar-refractivity contribution in [2.45, 2.75) is 0 Å². The van der Waals surface area contributed by atoms with Crippen LogP contribution in [0, 0.1) is 0 Å². The Morgan fingerprint density at radius 1 is 0.731 bits per heavy atom. The van der Waals surface area contributed by atoms with E-state index in [1.807, 2.05) is 24.3 Å². The minimum atomic E-state index is 0.345. The van der Waals surface area contributed by atoms with Crippen molar-refractivity contribution in [3.63, 3.8) is 0 Å². The van der Waals surface area contributed by atoms with Crippen molar-refractivity contribution < 1.29 is 0 Å². The van der Waals surface area contributed by atoms with Gasteiger partial charge < -0.3 is 16.0 Å². The van der Waals surface area contributed by atoms with Crippen LogP contribution in [0.5, 0.6) is 0 Å². The number of halogens is 3. The van der Waals surface area contributed by atoms with Crippen LogP contribution in [0.2, 0.25) is 15.2 Å². The first-order chi connectivity index (χ1) is 12.5. The minimum Gasteiger partial charge on any atom is -0.339 e. The molecule has 3 rings (SSSR count). The minimum absolute atomic E-state index is 0.345. The van der Waals surface area contributed by atoms with Crippen LogP contribution in [-0.2, 0) is 0 Å². The van der Waals surface area contributed by atoms with Gasteiger partial charge in [0, 0.05) is 17.1 Å². The van der Waals surface area contributed by atoms with Crippen molar-refractivity contribution in [1.29, 1.82) is 0 Å². The molecule has 0 unspecified atom stereocenters. The van der Waals surface area contributed by atoms with E-state index in [9.17, 15) is 0 Å². The van der Waals surface area contributed by atoms with Crippen molar-refractivity contribution in [3.8, 4) is 0 Å². The Labute approximate surface area is 170 Å². The summed E-state index contributed by atoms with van der Waals surface area (Å²) in [6.45, 7) is 0. The molecule has 0 amide bonds. The fraction of sp³-hybridized carbons (Fsp3) is 0. The Hall–Kier alpha value is -2.12. The summed E-state index contributed by atoms with van der Waals surface area (Å²) in [6.07, 6.45) is 0. The maximum Gasteiger partial charge on any atom is 0.175 e. The molecule has 0 aliphatic carbocycles. The van der Waals surface area contributed by atoms with Gasteiger partial charge >= 0.3 is 0 Å². The average molecular weight is 425 g/mol. The van der Waals surface area contributed by atoms with Gasteiger partial charge in [0.05, 0.1) is 10.0 Å². The molecule has 0 fully saturated rings. The highest BCUT2D eigenvalue weighted by Crippen LogP contribution is 2.25. The van der Waals surface area contributed by atoms with Crippen LogP contribution in [0.25, 0.3) is 0 Å². The molecule has 3 N–H and O–H groups in total. The quantitative estimate of drug-likeness (QED) is 0.447. The summed E-state index contributed by atoms with van der Waals surface area (Å²) in [7, 11) is 0. The van der Waals surface area contributed by atoms with Gasteiger partial charge in [0.15, 0.2) is 16.1 Å². The smallest absolute Gasteiger partial charge is 0.175 e. The van der Waals surface area contributed by atoms with E-state index in [0.717, 1.165) is 17.1 Å². The molecule has 2 aromatic carbocycles. The van der Waals surface area contributed by atoms with Gasteiger partial charge in [-0.15, -0.1) is 10.2 Å². The lowest BCUT2D eigenvalue weighted by Gasteiger charge is -2.12. The lowest BCUT2D eigenvalue weighted by molar-refractivity contribution is 1.04. The van der Waals surface area contributed by atoms with E-state index in [1.165, 1.54) is 0 Å². The van der Waals surface area contributed by atoms with E-state index in [-0.39, 0.29) is 0 Å². The van der Waals surface area contributed by atoms with Crippen molar-refractivity contribution in [2.24, 2.45) is 0 Å². The lowest BCUT2D eigenvalue weighted by atomic mass is 10.3. The normalized spacial score (nSPS) is 10.3. The molecule has 0 aliphatic rings. The second-order valence-corrected chi connectivity index (χ2v) is 6.76. The second kappa shape index (κ2) is 8.51. The predicted octanol–water partition coefficient (Wildman–Crippen LogP) is 5.99. The second-order valence-electron chi connectivity index (χ2n) is 5.15. The summed E-state index contributed by atoms with van der Waals surface area (Å²) in [5.74, 6) is 0.604. The molecule has 0 radical (unpaired) electrons. The first-order valence-electron chi connectivity index (χ1n) is 7.39. The number of benzene rings is 2. The number of hydrogen-bond donors (Lipinski definition) is 3. The Morgan fingerprint density at radius 3 is 2.04 bits per heavy atom. The topological polar surface area (TPSA) is 61.9 Å². The number of nitrogens with one attached hydrogen (secondary N) is 3. The molecule has 3 aromatic rings. The zero-order valence-electron chi connectivity index (χ0n) is 13.1. The zero-order valence-corrected chi connectivity index (χ0v) is 16.2. The van der Waals surface area contributed by atoms with E-state index in [0.29, 0.717) is 26.1 Å². The van der Waals surface area contributed by atoms with Crippen molar-refractivity contribution in [3.05, 3.63) is 69.8 Å². The SMILES string of the molecule is S=C(Nc1ccc(Nc2ccc(Cl)nn2)cc1)Nc1ccc(Cl)c(Cl)c1. The van der Waals surface area contributed by atoms with Crippen LogP contribution in [0.3, 0.4) is 0 Å². The maximum absolute atomic E-state index is 5.99. The first kappa shape index (κ1) is 18.7. The van der Waals surface area contributed by atoms with Crippen LogP contribution in [-0.4, -0.2) is 15.3 Å². The van der Waals surface area contributed by atoms with Gasteiger partial charge in [0.2, 0.25) is 0 Å². The van der Waals surface area contributed by atoms with E-state index >= 15 is 0 Å². The van der Waals surface area contributed by atoms with E-state index in [2.05, 4.69) is 26.1 Å². The standard InChI is InChI=1S/C17H12Cl3N5S/c18-13-6-5-12(9-14(13)19)23-17(26)22-11-3-1-10(2-4-11)21-16-8-7-15(20)24-25-16/h1-9H,(H,21,25)(H2,22,23,26). The molecular weight excluding hydrogens is 413 g/mol. The molecule has 9 heteroatoms. The Kier molecular flexibility index (Phi) is 6.11. The molecular formula is C17H12Cl3N5S. The van der Waals surface area contributed by atoms with Crippen molar-refractivity contribution in [2.75, 3.05) is 16.0 Å². The first-order valence-corrected chi connectivity index (χ1v) is 8.93. The van der Waals surface area contributed by atoms with Gasteiger partial charge in [-0.05, 0) is 66.8 Å². The molecule has 1 aromatic heterocycles. The van der Waals surface area contributed by atoms with Gasteiger partial charge in [-0.3, -0.25) is 0 Å². The molecule has 5 nitrogen and oxygen atoms in total. The number of hydrogen-bond acceptors (Lipinski definition) is 4. The molecule has 0 saturated heterocycles. The molecule has 0 bridgehead atoms. The molecule has 0 aliphatic heterocycles. The van der Waals surface area contributed by atoms with Gasteiger partial charge in [-0.2, -0.15) is 0 Å². The third-order valence-corrected chi connectivity index (χ3v) is 4.37. The zero-order chi connectivity index (χ0) is 18.5. The third-order valence-electron chi connectivity index (χ3n) is 3.22. The van der Waals surface area contributed by atoms with Crippen molar-refractivity contribution >= 4 is 75.0 Å². The van der Waals surface area contributed by atoms with E-state index < -0.39 is 0 Å². The molecule has 132 valence electrons. The summed E-state index contributed by atoms with van der Waals surface area (Å²) in [6, 6.07) is 16.2. The van der Waals surface area contributed by atoms with Crippen LogP contribution in [0.4, 0.5) is 22.9 Å². The number of nitrogens with zero attached hydrogens (tertiary/aromatic N) is 2. The fourth-order valence-electron chi connectivity index (χ4n) is 2.03. The van der Waals surface area contributed by atoms with Gasteiger partial charge in [-0.25, -0.2) is 0 Å². The summed E-state index contributed by atoms with van der Waals surface area (Å²) in [5, 5.41) is 18.7. The van der Waals surface area contributed by atoms with Crippen molar-refractivity contribution in [1.82, 2.24) is 10.2 Å². The molecule has 26 heavy (non-hydrogen) atoms. The van der Waals surface area contributed by atoms with Crippen LogP contribution in [0.1, 0.15) is 0 Å². The number of thiocarbonyl (C=S) groups is 1. The number of aromatic nitrogens is 2. The predicted molar refractivity (Wildman–Crippen MR) is 113 cm³/mol. The summed E-state index contributed by atoms with van der Waals surface area (Å²) in [4.78, 5) is 0. The van der Waals surface area contributed by atoms with Crippen LogP contribution < -0.4 is 16.0 Å². The Morgan fingerprint density at radius 2 is 1.38 bits per heavy atom. The van der Waals surface area contributed by atoms with E-state index in [1.54, 1.807) is 30.3 Å². The largest absolute Gasteiger partial charge is 0.339 e. The highest BCUT2D eigenvalue weighted by atomic mass is 35.5. The maximum atomic E-state index is 5.99. The monoisotopic (exact) mass is 423 g/mol. The fourth-order valence-corrected chi connectivity index (χ4v) is 2.67. The molecule has 1 heterocycles. The Bertz CT molecular complexity index is 917. The molecule has 0 atom stereocenters. The highest BCUT2D eigenvalue weighted by molar-refractivity contribution is 7.80. The molecule has 0 spiro atoms. The summed E-state index contributed by atoms with van der Waals surface area (Å²) in [5.41, 5.74) is 2.43. The summed E-state index contributed by atoms with van der Waals surface area (Å²) < 4.78 is 0. The Balaban J connectivity index is 1.58. The van der Waals surface area contributed by atoms with E-state index in [4.69, 9.17) is 47.0 Å². The van der Waals surface area contributed by atoms with Crippen LogP contribution in [0.15, 0.2) is 54.6 Å². The van der Waals surface area contributed by atoms with Crippen LogP contribution >= 0.6 is 47.0 Å². The highest BCUT2D eigenvalue weighted by Gasteiger charge is 2.03. The van der Waals surface area contributed by atoms with Gasteiger partial charge in [0.1, 0.15) is 0 Å². The van der Waals surface area contributed by atoms with Gasteiger partial charge in [0.25, 0.3) is 0 Å². The number of rotatable bonds is 4. The lowest BCUT2D eigenvalue weighted by Crippen LogP contribution is -2.18. The van der Waals surface area contributed by atoms with Gasteiger partial charge in [-0.1, -0.05) is 34.8 Å². The molecule has 0 saturated carbocycles. The third kappa shape index (κ3) is 5.19. The summed E-state index contributed by atoms with van der Waals surface area (Å²) >= 11 is 22.9.